The predicted molar refractivity (Wildman–Crippen MR) is 58.5 cm³/mol. The summed E-state index contributed by atoms with van der Waals surface area (Å²) in [6, 6.07) is -0.497. The third kappa shape index (κ3) is 2.38. The number of likely N-dealkylation sites (N-methyl/N-ethyl adjacent to an activating group) is 1. The summed E-state index contributed by atoms with van der Waals surface area (Å²) >= 11 is 5.52. The standard InChI is InChI=1S/C9H11ClN4O3/c1-14-7(15)4-5(8(14)16)11-9-13-12-6(17-9)2-3-10/h5H,2-4H2,1H3,(H,11,13). The maximum atomic E-state index is 11.6. The number of carbonyl (C=O) groups excluding carboxylic acids is 2. The van der Waals surface area contributed by atoms with E-state index in [0.29, 0.717) is 18.2 Å². The number of nitrogens with one attached hydrogen (secondary N) is 1. The second-order valence-electron chi connectivity index (χ2n) is 3.63. The van der Waals surface area contributed by atoms with Crippen molar-refractivity contribution in [1.29, 1.82) is 0 Å². The molecule has 1 aliphatic heterocycles. The fourth-order valence-electron chi connectivity index (χ4n) is 1.51. The van der Waals surface area contributed by atoms with Crippen LogP contribution >= 0.6 is 11.6 Å². The number of hydrogen-bond donors (Lipinski definition) is 1. The van der Waals surface area contributed by atoms with Crippen LogP contribution in [-0.2, 0) is 16.0 Å². The molecule has 0 aliphatic carbocycles. The maximum absolute atomic E-state index is 11.6. The molecule has 0 aromatic carbocycles. The average Bonchev–Trinajstić information content (AvgIpc) is 2.82. The summed E-state index contributed by atoms with van der Waals surface area (Å²) in [6.07, 6.45) is 0.566. The highest BCUT2D eigenvalue weighted by atomic mass is 35.5. The minimum absolute atomic E-state index is 0.0998. The number of amides is 2. The smallest absolute Gasteiger partial charge is 0.316 e. The normalized spacial score (nSPS) is 20.1. The molecule has 0 spiro atoms. The summed E-state index contributed by atoms with van der Waals surface area (Å²) in [7, 11) is 1.44. The van der Waals surface area contributed by atoms with Gasteiger partial charge in [0.1, 0.15) is 6.04 Å². The lowest BCUT2D eigenvalue weighted by atomic mass is 10.2. The highest BCUT2D eigenvalue weighted by Crippen LogP contribution is 2.16. The van der Waals surface area contributed by atoms with Gasteiger partial charge in [0.15, 0.2) is 0 Å². The molecule has 1 aliphatic rings. The fourth-order valence-corrected chi connectivity index (χ4v) is 1.67. The van der Waals surface area contributed by atoms with Gasteiger partial charge in [0, 0.05) is 19.3 Å². The Labute approximate surface area is 102 Å². The number of rotatable bonds is 4. The third-order valence-corrected chi connectivity index (χ3v) is 2.64. The number of hydrogen-bond acceptors (Lipinski definition) is 6. The molecule has 1 aromatic rings. The summed E-state index contributed by atoms with van der Waals surface area (Å²) in [6.45, 7) is 0. The quantitative estimate of drug-likeness (QED) is 0.605. The summed E-state index contributed by atoms with van der Waals surface area (Å²) in [5, 5.41) is 10.2. The molecule has 8 heteroatoms. The van der Waals surface area contributed by atoms with Gasteiger partial charge in [0.05, 0.1) is 6.42 Å². The lowest BCUT2D eigenvalue weighted by Crippen LogP contribution is -2.31. The van der Waals surface area contributed by atoms with Crippen molar-refractivity contribution in [3.8, 4) is 0 Å². The summed E-state index contributed by atoms with van der Waals surface area (Å²) in [5.41, 5.74) is 0. The first kappa shape index (κ1) is 11.8. The van der Waals surface area contributed by atoms with Gasteiger partial charge in [-0.15, -0.1) is 16.7 Å². The van der Waals surface area contributed by atoms with Crippen molar-refractivity contribution in [2.24, 2.45) is 0 Å². The molecule has 17 heavy (non-hydrogen) atoms. The number of anilines is 1. The summed E-state index contributed by atoms with van der Waals surface area (Å²) in [5.74, 6) is 0.248. The van der Waals surface area contributed by atoms with E-state index in [9.17, 15) is 9.59 Å². The van der Waals surface area contributed by atoms with Crippen molar-refractivity contribution in [2.75, 3.05) is 18.2 Å². The molecule has 2 amide bonds. The molecular weight excluding hydrogens is 248 g/mol. The van der Waals surface area contributed by atoms with Crippen molar-refractivity contribution < 1.29 is 14.0 Å². The van der Waals surface area contributed by atoms with Crippen LogP contribution in [-0.4, -0.2) is 45.9 Å². The van der Waals surface area contributed by atoms with Gasteiger partial charge in [0.25, 0.3) is 5.91 Å². The first-order valence-corrected chi connectivity index (χ1v) is 5.60. The number of halogens is 1. The first-order chi connectivity index (χ1) is 8.11. The van der Waals surface area contributed by atoms with Crippen LogP contribution in [0.15, 0.2) is 4.42 Å². The van der Waals surface area contributed by atoms with E-state index in [1.54, 1.807) is 0 Å². The van der Waals surface area contributed by atoms with E-state index >= 15 is 0 Å². The molecule has 1 unspecified atom stereocenters. The van der Waals surface area contributed by atoms with E-state index in [0.717, 1.165) is 4.90 Å². The van der Waals surface area contributed by atoms with Gasteiger partial charge in [-0.25, -0.2) is 0 Å². The number of nitrogens with zero attached hydrogens (tertiary/aromatic N) is 3. The Balaban J connectivity index is 2.01. The molecule has 1 atom stereocenters. The van der Waals surface area contributed by atoms with Crippen LogP contribution in [0.25, 0.3) is 0 Å². The molecule has 92 valence electrons. The van der Waals surface area contributed by atoms with E-state index in [4.69, 9.17) is 16.0 Å². The molecule has 2 heterocycles. The Hall–Kier alpha value is -1.63. The summed E-state index contributed by atoms with van der Waals surface area (Å²) in [4.78, 5) is 23.9. The van der Waals surface area contributed by atoms with E-state index in [1.807, 2.05) is 0 Å². The third-order valence-electron chi connectivity index (χ3n) is 2.45. The highest BCUT2D eigenvalue weighted by Gasteiger charge is 2.36. The molecule has 2 rings (SSSR count). The predicted octanol–water partition coefficient (Wildman–Crippen LogP) is 0.0201. The minimum Gasteiger partial charge on any atom is -0.408 e. The Bertz CT molecular complexity index is 447. The van der Waals surface area contributed by atoms with Gasteiger partial charge in [0.2, 0.25) is 11.8 Å². The van der Waals surface area contributed by atoms with E-state index in [2.05, 4.69) is 15.5 Å². The van der Waals surface area contributed by atoms with Crippen molar-refractivity contribution in [3.05, 3.63) is 5.89 Å². The molecule has 1 aromatic heterocycles. The lowest BCUT2D eigenvalue weighted by Gasteiger charge is -2.08. The number of aromatic nitrogens is 2. The number of aryl methyl sites for hydroxylation is 1. The number of carbonyl (C=O) groups is 2. The van der Waals surface area contributed by atoms with Gasteiger partial charge in [-0.2, -0.15) is 0 Å². The Morgan fingerprint density at radius 2 is 2.29 bits per heavy atom. The zero-order chi connectivity index (χ0) is 12.4. The van der Waals surface area contributed by atoms with Gasteiger partial charge >= 0.3 is 6.01 Å². The molecule has 1 saturated heterocycles. The highest BCUT2D eigenvalue weighted by molar-refractivity contribution is 6.17. The largest absolute Gasteiger partial charge is 0.408 e. The number of alkyl halides is 1. The molecule has 0 saturated carbocycles. The van der Waals surface area contributed by atoms with Crippen LogP contribution in [0.3, 0.4) is 0 Å². The maximum Gasteiger partial charge on any atom is 0.316 e. The van der Waals surface area contributed by atoms with Crippen LogP contribution in [0, 0.1) is 0 Å². The Morgan fingerprint density at radius 3 is 2.88 bits per heavy atom. The van der Waals surface area contributed by atoms with Gasteiger partial charge in [-0.05, 0) is 0 Å². The van der Waals surface area contributed by atoms with E-state index in [-0.39, 0.29) is 24.2 Å². The van der Waals surface area contributed by atoms with Gasteiger partial charge < -0.3 is 9.73 Å². The topological polar surface area (TPSA) is 88.3 Å². The van der Waals surface area contributed by atoms with Crippen molar-refractivity contribution >= 4 is 29.4 Å². The zero-order valence-corrected chi connectivity index (χ0v) is 9.90. The molecule has 7 nitrogen and oxygen atoms in total. The van der Waals surface area contributed by atoms with Gasteiger partial charge in [-0.3, -0.25) is 14.5 Å². The Kier molecular flexibility index (Phi) is 3.28. The minimum atomic E-state index is -0.628. The lowest BCUT2D eigenvalue weighted by molar-refractivity contribution is -0.136. The molecular formula is C9H11ClN4O3. The second kappa shape index (κ2) is 4.70. The number of imide groups is 1. The molecule has 0 radical (unpaired) electrons. The second-order valence-corrected chi connectivity index (χ2v) is 4.01. The van der Waals surface area contributed by atoms with Crippen molar-refractivity contribution in [1.82, 2.24) is 15.1 Å². The van der Waals surface area contributed by atoms with Crippen molar-refractivity contribution in [3.63, 3.8) is 0 Å². The fraction of sp³-hybridized carbons (Fsp3) is 0.556. The molecule has 1 N–H and O–H groups in total. The van der Waals surface area contributed by atoms with E-state index < -0.39 is 6.04 Å². The SMILES string of the molecule is CN1C(=O)CC(Nc2nnc(CCCl)o2)C1=O. The van der Waals surface area contributed by atoms with Crippen LogP contribution in [0.2, 0.25) is 0 Å². The first-order valence-electron chi connectivity index (χ1n) is 5.07. The van der Waals surface area contributed by atoms with Crippen LogP contribution in [0.5, 0.6) is 0 Å². The molecule has 1 fully saturated rings. The van der Waals surface area contributed by atoms with Crippen LogP contribution in [0.1, 0.15) is 12.3 Å². The monoisotopic (exact) mass is 258 g/mol. The van der Waals surface area contributed by atoms with Crippen LogP contribution < -0.4 is 5.32 Å². The zero-order valence-electron chi connectivity index (χ0n) is 9.14. The number of likely N-dealkylation sites (tertiary alicyclic amines) is 1. The van der Waals surface area contributed by atoms with Gasteiger partial charge in [-0.1, -0.05) is 5.10 Å². The Morgan fingerprint density at radius 1 is 1.53 bits per heavy atom. The van der Waals surface area contributed by atoms with E-state index in [1.165, 1.54) is 7.05 Å². The summed E-state index contributed by atoms with van der Waals surface area (Å²) < 4.78 is 5.20. The molecule has 0 bridgehead atoms. The van der Waals surface area contributed by atoms with Crippen LogP contribution in [0.4, 0.5) is 6.01 Å². The average molecular weight is 259 g/mol. The van der Waals surface area contributed by atoms with Crippen molar-refractivity contribution in [2.45, 2.75) is 18.9 Å².